The number of aliphatic hydroxyl groups excluding tert-OH is 1. The fourth-order valence-corrected chi connectivity index (χ4v) is 5.86. The van der Waals surface area contributed by atoms with E-state index in [9.17, 15) is 9.90 Å². The van der Waals surface area contributed by atoms with Gasteiger partial charge in [-0.1, -0.05) is 50.9 Å². The van der Waals surface area contributed by atoms with Crippen molar-refractivity contribution in [2.75, 3.05) is 5.32 Å². The van der Waals surface area contributed by atoms with E-state index in [-0.39, 0.29) is 17.0 Å². The summed E-state index contributed by atoms with van der Waals surface area (Å²) in [5.41, 5.74) is 6.81. The number of hydrogen-bond acceptors (Lipinski definition) is 4. The standard InChI is InChI=1S/C28H26Cl2N2O2/c1-13(25-27(3,4)17-11-15(29)7-9-19(17)31-25)21-23(33)22(24(21)34)14(2)26-28(5,6)18-12-16(30)8-10-20(18)32-26/h7-12,31,33H,1-6H3/b22-14+,25-13+. The molecule has 0 radical (unpaired) electrons. The minimum Gasteiger partial charge on any atom is -0.506 e. The zero-order valence-electron chi connectivity index (χ0n) is 20.0. The molecule has 5 rings (SSSR count). The third-order valence-electron chi connectivity index (χ3n) is 7.40. The zero-order valence-corrected chi connectivity index (χ0v) is 21.5. The van der Waals surface area contributed by atoms with Crippen molar-refractivity contribution >= 4 is 46.1 Å². The smallest absolute Gasteiger partial charge is 0.201 e. The van der Waals surface area contributed by atoms with Crippen LogP contribution in [0.1, 0.15) is 52.7 Å². The molecule has 34 heavy (non-hydrogen) atoms. The van der Waals surface area contributed by atoms with Gasteiger partial charge in [0.2, 0.25) is 5.78 Å². The fourth-order valence-electron chi connectivity index (χ4n) is 5.52. The molecule has 0 bridgehead atoms. The lowest BCUT2D eigenvalue weighted by Gasteiger charge is -2.30. The number of carbonyl (C=O) groups excluding carboxylic acids is 1. The molecule has 0 amide bonds. The van der Waals surface area contributed by atoms with Gasteiger partial charge in [0.1, 0.15) is 5.76 Å². The lowest BCUT2D eigenvalue weighted by atomic mass is 9.73. The highest BCUT2D eigenvalue weighted by Gasteiger charge is 2.45. The van der Waals surface area contributed by atoms with Gasteiger partial charge in [-0.05, 0) is 72.5 Å². The molecule has 0 unspecified atom stereocenters. The second-order valence-corrected chi connectivity index (χ2v) is 11.1. The van der Waals surface area contributed by atoms with Crippen LogP contribution in [-0.2, 0) is 15.6 Å². The van der Waals surface area contributed by atoms with Gasteiger partial charge in [-0.3, -0.25) is 9.79 Å². The number of benzene rings is 2. The topological polar surface area (TPSA) is 61.7 Å². The highest BCUT2D eigenvalue weighted by molar-refractivity contribution is 6.31. The highest BCUT2D eigenvalue weighted by atomic mass is 35.5. The number of ketones is 1. The van der Waals surface area contributed by atoms with Crippen molar-refractivity contribution in [3.05, 3.63) is 91.3 Å². The molecule has 0 saturated heterocycles. The van der Waals surface area contributed by atoms with Crippen LogP contribution in [0.25, 0.3) is 0 Å². The molecule has 0 spiro atoms. The van der Waals surface area contributed by atoms with E-state index in [1.165, 1.54) is 0 Å². The predicted octanol–water partition coefficient (Wildman–Crippen LogP) is 7.75. The summed E-state index contributed by atoms with van der Waals surface area (Å²) in [4.78, 5) is 18.2. The van der Waals surface area contributed by atoms with Gasteiger partial charge in [0.15, 0.2) is 0 Å². The van der Waals surface area contributed by atoms with E-state index < -0.39 is 5.41 Å². The van der Waals surface area contributed by atoms with Crippen molar-refractivity contribution in [3.63, 3.8) is 0 Å². The quantitative estimate of drug-likeness (QED) is 0.421. The lowest BCUT2D eigenvalue weighted by Crippen LogP contribution is -2.32. The normalized spacial score (nSPS) is 22.6. The van der Waals surface area contributed by atoms with Gasteiger partial charge in [0, 0.05) is 32.3 Å². The predicted molar refractivity (Wildman–Crippen MR) is 140 cm³/mol. The number of carbonyl (C=O) groups is 1. The number of hydrogen-bond donors (Lipinski definition) is 2. The molecule has 4 nitrogen and oxygen atoms in total. The molecule has 1 aliphatic carbocycles. The molecule has 2 heterocycles. The van der Waals surface area contributed by atoms with Gasteiger partial charge < -0.3 is 10.4 Å². The molecule has 2 N–H and O–H groups in total. The van der Waals surface area contributed by atoms with Gasteiger partial charge in [0.25, 0.3) is 0 Å². The Balaban J connectivity index is 1.58. The molecule has 3 aliphatic rings. The number of halogens is 2. The number of aliphatic imine (C=N–C) groups is 1. The van der Waals surface area contributed by atoms with Crippen LogP contribution in [0.5, 0.6) is 0 Å². The van der Waals surface area contributed by atoms with E-state index in [1.807, 2.05) is 50.2 Å². The van der Waals surface area contributed by atoms with Crippen LogP contribution < -0.4 is 5.32 Å². The molecule has 2 aromatic rings. The molecule has 2 aliphatic heterocycles. The minimum absolute atomic E-state index is 0.0200. The first kappa shape index (κ1) is 22.9. The van der Waals surface area contributed by atoms with Crippen molar-refractivity contribution in [3.8, 4) is 0 Å². The van der Waals surface area contributed by atoms with Gasteiger partial charge in [-0.25, -0.2) is 0 Å². The number of allylic oxidation sites excluding steroid dienone is 5. The molecular weight excluding hydrogens is 467 g/mol. The number of rotatable bonds is 2. The largest absolute Gasteiger partial charge is 0.506 e. The van der Waals surface area contributed by atoms with Crippen LogP contribution in [0, 0.1) is 0 Å². The van der Waals surface area contributed by atoms with E-state index in [4.69, 9.17) is 28.2 Å². The van der Waals surface area contributed by atoms with E-state index >= 15 is 0 Å². The van der Waals surface area contributed by atoms with E-state index in [1.54, 1.807) is 0 Å². The maximum absolute atomic E-state index is 13.4. The van der Waals surface area contributed by atoms with Crippen molar-refractivity contribution in [1.82, 2.24) is 0 Å². The fraction of sp³-hybridized carbons (Fsp3) is 0.286. The summed E-state index contributed by atoms with van der Waals surface area (Å²) in [6.45, 7) is 12.0. The number of anilines is 1. The molecule has 0 fully saturated rings. The Morgan fingerprint density at radius 3 is 2.18 bits per heavy atom. The maximum atomic E-state index is 13.4. The molecule has 6 heteroatoms. The van der Waals surface area contributed by atoms with Crippen LogP contribution in [0.2, 0.25) is 10.0 Å². The summed E-state index contributed by atoms with van der Waals surface area (Å²) in [5, 5.41) is 15.9. The number of aliphatic hydroxyl groups is 1. The van der Waals surface area contributed by atoms with Crippen molar-refractivity contribution in [1.29, 1.82) is 0 Å². The summed E-state index contributed by atoms with van der Waals surface area (Å²) < 4.78 is 0. The molecule has 0 atom stereocenters. The van der Waals surface area contributed by atoms with Gasteiger partial charge >= 0.3 is 0 Å². The molecule has 0 saturated carbocycles. The summed E-state index contributed by atoms with van der Waals surface area (Å²) in [5.74, 6) is -0.148. The SMILES string of the molecule is C/C(C1=Nc2ccc(Cl)cc2C1(C)C)=C1\C(=O)C(C(/C)=C2/Nc3ccc(Cl)cc3C2(C)C)=C1O. The van der Waals surface area contributed by atoms with E-state index in [2.05, 4.69) is 33.0 Å². The first-order chi connectivity index (χ1) is 15.9. The highest BCUT2D eigenvalue weighted by Crippen LogP contribution is 2.49. The maximum Gasteiger partial charge on any atom is 0.201 e. The average Bonchev–Trinajstić information content (AvgIpc) is 3.17. The number of nitrogens with one attached hydrogen (secondary N) is 1. The van der Waals surface area contributed by atoms with Crippen LogP contribution in [-0.4, -0.2) is 16.6 Å². The third-order valence-corrected chi connectivity index (χ3v) is 7.87. The minimum atomic E-state index is -0.433. The first-order valence-corrected chi connectivity index (χ1v) is 12.0. The molecule has 0 aromatic heterocycles. The Hall–Kier alpha value is -2.82. The Morgan fingerprint density at radius 2 is 1.53 bits per heavy atom. The first-order valence-electron chi connectivity index (χ1n) is 11.2. The second-order valence-electron chi connectivity index (χ2n) is 10.2. The Morgan fingerprint density at radius 1 is 0.912 bits per heavy atom. The lowest BCUT2D eigenvalue weighted by molar-refractivity contribution is -0.113. The number of Topliss-reactive ketones (excluding diaryl/α,β-unsaturated/α-hetero) is 1. The summed E-state index contributed by atoms with van der Waals surface area (Å²) >= 11 is 12.5. The van der Waals surface area contributed by atoms with Gasteiger partial charge in [-0.2, -0.15) is 0 Å². The monoisotopic (exact) mass is 492 g/mol. The van der Waals surface area contributed by atoms with Crippen LogP contribution in [0.4, 0.5) is 11.4 Å². The number of fused-ring (bicyclic) bond motifs is 2. The number of nitrogens with zero attached hydrogens (tertiary/aromatic N) is 1. The molecule has 174 valence electrons. The summed E-state index contributed by atoms with van der Waals surface area (Å²) in [6, 6.07) is 11.3. The van der Waals surface area contributed by atoms with Crippen molar-refractivity contribution in [2.45, 2.75) is 52.4 Å². The summed E-state index contributed by atoms with van der Waals surface area (Å²) in [6.07, 6.45) is 0. The van der Waals surface area contributed by atoms with Crippen LogP contribution in [0.15, 0.2) is 75.1 Å². The van der Waals surface area contributed by atoms with E-state index in [0.29, 0.717) is 26.8 Å². The molecule has 2 aromatic carbocycles. The van der Waals surface area contributed by atoms with Gasteiger partial charge in [-0.15, -0.1) is 0 Å². The van der Waals surface area contributed by atoms with Crippen LogP contribution in [0.3, 0.4) is 0 Å². The van der Waals surface area contributed by atoms with Crippen molar-refractivity contribution in [2.24, 2.45) is 4.99 Å². The summed E-state index contributed by atoms with van der Waals surface area (Å²) in [7, 11) is 0. The van der Waals surface area contributed by atoms with Crippen molar-refractivity contribution < 1.29 is 9.90 Å². The van der Waals surface area contributed by atoms with E-state index in [0.717, 1.165) is 39.5 Å². The zero-order chi connectivity index (χ0) is 24.7. The Labute approximate surface area is 209 Å². The second kappa shape index (κ2) is 7.34. The Kier molecular flexibility index (Phi) is 4.95. The molecular formula is C28H26Cl2N2O2. The average molecular weight is 493 g/mol. The third kappa shape index (κ3) is 3.05. The van der Waals surface area contributed by atoms with Gasteiger partial charge in [0.05, 0.1) is 22.5 Å². The Bertz CT molecular complexity index is 1440. The van der Waals surface area contributed by atoms with Crippen LogP contribution >= 0.6 is 23.2 Å².